The highest BCUT2D eigenvalue weighted by Crippen LogP contribution is 2.39. The lowest BCUT2D eigenvalue weighted by molar-refractivity contribution is 0.369. The summed E-state index contributed by atoms with van der Waals surface area (Å²) in [5.41, 5.74) is 2.08. The van der Waals surface area contributed by atoms with Gasteiger partial charge in [0.15, 0.2) is 0 Å². The Labute approximate surface area is 161 Å². The van der Waals surface area contributed by atoms with Crippen LogP contribution in [0.3, 0.4) is 0 Å². The average Bonchev–Trinajstić information content (AvgIpc) is 2.77. The molecule has 0 spiro atoms. The molecule has 1 heterocycles. The van der Waals surface area contributed by atoms with Gasteiger partial charge < -0.3 is 9.47 Å². The molecule has 2 aromatic carbocycles. The van der Waals surface area contributed by atoms with Crippen molar-refractivity contribution in [3.8, 4) is 5.75 Å². The van der Waals surface area contributed by atoms with E-state index >= 15 is 0 Å². The molecule has 0 N–H and O–H groups in total. The van der Waals surface area contributed by atoms with Crippen molar-refractivity contribution in [1.29, 1.82) is 0 Å². The van der Waals surface area contributed by atoms with Crippen LogP contribution in [0.1, 0.15) is 11.1 Å². The molecule has 0 aromatic heterocycles. The van der Waals surface area contributed by atoms with E-state index in [1.54, 1.807) is 55.7 Å². The Kier molecular flexibility index (Phi) is 5.11. The van der Waals surface area contributed by atoms with Crippen LogP contribution in [-0.4, -0.2) is 22.6 Å². The molecule has 2 aromatic rings. The molecule has 0 unspecified atom stereocenters. The second-order valence-electron chi connectivity index (χ2n) is 5.69. The maximum atomic E-state index is 13.2. The molecular formula is C19H18BrNO4S. The fourth-order valence-electron chi connectivity index (χ4n) is 2.67. The quantitative estimate of drug-likeness (QED) is 0.712. The first-order chi connectivity index (χ1) is 12.4. The first-order valence-corrected chi connectivity index (χ1v) is 10.0. The van der Waals surface area contributed by atoms with Crippen molar-refractivity contribution in [2.75, 3.05) is 18.5 Å². The number of anilines is 1. The molecule has 0 saturated heterocycles. The number of hydrogen-bond acceptors (Lipinski definition) is 4. The number of ether oxygens (including phenoxy) is 2. The first-order valence-electron chi connectivity index (χ1n) is 7.80. The van der Waals surface area contributed by atoms with Gasteiger partial charge >= 0.3 is 0 Å². The number of aryl methyl sites for hydroxylation is 1. The van der Waals surface area contributed by atoms with Gasteiger partial charge in [0.2, 0.25) is 0 Å². The SMILES string of the molecule is COC1=C(Br)C=CN(S(=O)(=O)c2ccc(C)cc2)c2ccc(OC)cc21. The second-order valence-corrected chi connectivity index (χ2v) is 8.36. The van der Waals surface area contributed by atoms with Crippen LogP contribution in [0.2, 0.25) is 0 Å². The van der Waals surface area contributed by atoms with E-state index in [2.05, 4.69) is 15.9 Å². The minimum atomic E-state index is -3.79. The van der Waals surface area contributed by atoms with Crippen LogP contribution >= 0.6 is 15.9 Å². The van der Waals surface area contributed by atoms with Crippen LogP contribution in [0, 0.1) is 6.92 Å². The van der Waals surface area contributed by atoms with Gasteiger partial charge in [0.25, 0.3) is 10.0 Å². The number of hydrogen-bond donors (Lipinski definition) is 0. The molecule has 0 saturated carbocycles. The third kappa shape index (κ3) is 3.24. The average molecular weight is 436 g/mol. The van der Waals surface area contributed by atoms with E-state index < -0.39 is 10.0 Å². The molecule has 0 bridgehead atoms. The fourth-order valence-corrected chi connectivity index (χ4v) is 4.51. The number of sulfonamides is 1. The summed E-state index contributed by atoms with van der Waals surface area (Å²) in [4.78, 5) is 0.214. The van der Waals surface area contributed by atoms with Crippen molar-refractivity contribution in [1.82, 2.24) is 0 Å². The topological polar surface area (TPSA) is 55.8 Å². The molecule has 5 nitrogen and oxygen atoms in total. The maximum Gasteiger partial charge on any atom is 0.268 e. The van der Waals surface area contributed by atoms with Gasteiger partial charge in [0, 0.05) is 11.8 Å². The van der Waals surface area contributed by atoms with Gasteiger partial charge in [-0.3, -0.25) is 0 Å². The lowest BCUT2D eigenvalue weighted by atomic mass is 10.1. The molecule has 26 heavy (non-hydrogen) atoms. The summed E-state index contributed by atoms with van der Waals surface area (Å²) in [6.07, 6.45) is 3.16. The predicted molar refractivity (Wildman–Crippen MR) is 106 cm³/mol. The van der Waals surface area contributed by atoms with Gasteiger partial charge in [-0.15, -0.1) is 0 Å². The highest BCUT2D eigenvalue weighted by atomic mass is 79.9. The van der Waals surface area contributed by atoms with Gasteiger partial charge in [0.05, 0.1) is 29.3 Å². The third-order valence-electron chi connectivity index (χ3n) is 4.04. The molecule has 0 fully saturated rings. The second kappa shape index (κ2) is 7.17. The zero-order valence-electron chi connectivity index (χ0n) is 14.6. The minimum Gasteiger partial charge on any atom is -0.497 e. The number of fused-ring (bicyclic) bond motifs is 1. The Morgan fingerprint density at radius 1 is 1.00 bits per heavy atom. The van der Waals surface area contributed by atoms with E-state index in [0.717, 1.165) is 5.56 Å². The number of methoxy groups -OCH3 is 2. The molecule has 0 radical (unpaired) electrons. The van der Waals surface area contributed by atoms with E-state index in [9.17, 15) is 8.42 Å². The molecule has 1 aliphatic rings. The Bertz CT molecular complexity index is 995. The summed E-state index contributed by atoms with van der Waals surface area (Å²) in [7, 11) is -0.690. The van der Waals surface area contributed by atoms with Gasteiger partial charge in [-0.05, 0) is 59.3 Å². The van der Waals surface area contributed by atoms with Crippen LogP contribution in [-0.2, 0) is 14.8 Å². The van der Waals surface area contributed by atoms with E-state index in [1.807, 2.05) is 6.92 Å². The Morgan fingerprint density at radius 3 is 2.31 bits per heavy atom. The number of rotatable bonds is 4. The zero-order chi connectivity index (χ0) is 18.9. The zero-order valence-corrected chi connectivity index (χ0v) is 17.0. The van der Waals surface area contributed by atoms with Crippen molar-refractivity contribution in [2.24, 2.45) is 0 Å². The smallest absolute Gasteiger partial charge is 0.268 e. The van der Waals surface area contributed by atoms with Crippen LogP contribution in [0.25, 0.3) is 5.76 Å². The van der Waals surface area contributed by atoms with Crippen molar-refractivity contribution in [3.05, 3.63) is 70.3 Å². The summed E-state index contributed by atoms with van der Waals surface area (Å²) < 4.78 is 39.1. The van der Waals surface area contributed by atoms with E-state index in [1.165, 1.54) is 17.6 Å². The van der Waals surface area contributed by atoms with E-state index in [-0.39, 0.29) is 4.90 Å². The normalized spacial score (nSPS) is 14.1. The van der Waals surface area contributed by atoms with E-state index in [0.29, 0.717) is 27.2 Å². The van der Waals surface area contributed by atoms with Gasteiger partial charge in [-0.1, -0.05) is 17.7 Å². The molecule has 136 valence electrons. The molecule has 3 rings (SSSR count). The summed E-state index contributed by atoms with van der Waals surface area (Å²) in [6.45, 7) is 1.91. The first kappa shape index (κ1) is 18.5. The highest BCUT2D eigenvalue weighted by Gasteiger charge is 2.29. The van der Waals surface area contributed by atoms with Crippen molar-refractivity contribution in [2.45, 2.75) is 11.8 Å². The summed E-state index contributed by atoms with van der Waals surface area (Å²) in [5, 5.41) is 0. The third-order valence-corrected chi connectivity index (χ3v) is 6.37. The Morgan fingerprint density at radius 2 is 1.69 bits per heavy atom. The maximum absolute atomic E-state index is 13.2. The molecular weight excluding hydrogens is 418 g/mol. The van der Waals surface area contributed by atoms with Crippen LogP contribution < -0.4 is 9.04 Å². The number of halogens is 1. The molecule has 7 heteroatoms. The Hall–Kier alpha value is -2.25. The molecule has 1 aliphatic heterocycles. The van der Waals surface area contributed by atoms with Gasteiger partial charge in [0.1, 0.15) is 11.5 Å². The number of allylic oxidation sites excluding steroid dienone is 2. The van der Waals surface area contributed by atoms with Crippen molar-refractivity contribution in [3.63, 3.8) is 0 Å². The lowest BCUT2D eigenvalue weighted by Crippen LogP contribution is -2.26. The molecule has 0 aliphatic carbocycles. The standard InChI is InChI=1S/C19H18BrNO4S/c1-13-4-7-15(8-5-13)26(22,23)21-11-10-17(20)19(25-3)16-12-14(24-2)6-9-18(16)21/h4-12H,1-3H3. The van der Waals surface area contributed by atoms with Crippen LogP contribution in [0.5, 0.6) is 5.75 Å². The predicted octanol–water partition coefficient (Wildman–Crippen LogP) is 4.44. The molecule has 0 amide bonds. The van der Waals surface area contributed by atoms with Crippen molar-refractivity contribution >= 4 is 37.4 Å². The molecule has 0 atom stereocenters. The monoisotopic (exact) mass is 435 g/mol. The Balaban J connectivity index is 2.21. The van der Waals surface area contributed by atoms with Crippen LogP contribution in [0.15, 0.2) is 64.1 Å². The van der Waals surface area contributed by atoms with Crippen molar-refractivity contribution < 1.29 is 17.9 Å². The van der Waals surface area contributed by atoms with Crippen LogP contribution in [0.4, 0.5) is 5.69 Å². The largest absolute Gasteiger partial charge is 0.497 e. The van der Waals surface area contributed by atoms with Gasteiger partial charge in [-0.2, -0.15) is 0 Å². The summed E-state index contributed by atoms with van der Waals surface area (Å²) >= 11 is 3.45. The van der Waals surface area contributed by atoms with Gasteiger partial charge in [-0.25, -0.2) is 12.7 Å². The number of benzene rings is 2. The number of nitrogens with zero attached hydrogens (tertiary/aromatic N) is 1. The minimum absolute atomic E-state index is 0.214. The summed E-state index contributed by atoms with van der Waals surface area (Å²) in [5.74, 6) is 1.13. The fraction of sp³-hybridized carbons (Fsp3) is 0.158. The lowest BCUT2D eigenvalue weighted by Gasteiger charge is -2.23. The summed E-state index contributed by atoms with van der Waals surface area (Å²) in [6, 6.07) is 11.9. The highest BCUT2D eigenvalue weighted by molar-refractivity contribution is 9.12. The van der Waals surface area contributed by atoms with E-state index in [4.69, 9.17) is 9.47 Å².